The van der Waals surface area contributed by atoms with Crippen molar-refractivity contribution in [2.24, 2.45) is 0 Å². The Morgan fingerprint density at radius 3 is 2.32 bits per heavy atom. The van der Waals surface area contributed by atoms with Crippen molar-refractivity contribution in [2.75, 3.05) is 34.0 Å². The first-order chi connectivity index (χ1) is 9.30. The predicted molar refractivity (Wildman–Crippen MR) is 61.4 cm³/mol. The van der Waals surface area contributed by atoms with E-state index in [2.05, 4.69) is 0 Å². The summed E-state index contributed by atoms with van der Waals surface area (Å²) in [5.41, 5.74) is 0. The van der Waals surface area contributed by atoms with Crippen LogP contribution in [0, 0.1) is 0 Å². The van der Waals surface area contributed by atoms with Gasteiger partial charge in [0.2, 0.25) is 0 Å². The van der Waals surface area contributed by atoms with Crippen LogP contribution in [-0.4, -0.2) is 71.2 Å². The lowest BCUT2D eigenvalue weighted by Gasteiger charge is -2.19. The minimum absolute atomic E-state index is 0.0461. The molecule has 0 amide bonds. The molecular formula is C12H20O7. The Balaban J connectivity index is 1.47. The lowest BCUT2D eigenvalue weighted by atomic mass is 10.1. The molecule has 7 nitrogen and oxygen atoms in total. The summed E-state index contributed by atoms with van der Waals surface area (Å²) in [5, 5.41) is 0. The topological polar surface area (TPSA) is 64.6 Å². The highest BCUT2D eigenvalue weighted by molar-refractivity contribution is 4.88. The maximum Gasteiger partial charge on any atom is 0.187 e. The molecule has 7 heteroatoms. The average Bonchev–Trinajstić information content (AvgIpc) is 3.03. The first-order valence-electron chi connectivity index (χ1n) is 6.51. The van der Waals surface area contributed by atoms with Gasteiger partial charge in [0, 0.05) is 20.6 Å². The quantitative estimate of drug-likeness (QED) is 0.693. The van der Waals surface area contributed by atoms with Crippen molar-refractivity contribution >= 4 is 0 Å². The second-order valence-corrected chi connectivity index (χ2v) is 4.87. The van der Waals surface area contributed by atoms with E-state index in [1.165, 1.54) is 0 Å². The average molecular weight is 276 g/mol. The van der Waals surface area contributed by atoms with E-state index in [4.69, 9.17) is 33.2 Å². The van der Waals surface area contributed by atoms with Crippen LogP contribution in [0.15, 0.2) is 0 Å². The minimum atomic E-state index is -0.331. The Kier molecular flexibility index (Phi) is 4.33. The van der Waals surface area contributed by atoms with Crippen LogP contribution in [0.25, 0.3) is 0 Å². The largest absolute Gasteiger partial charge is 0.379 e. The second-order valence-electron chi connectivity index (χ2n) is 4.87. The van der Waals surface area contributed by atoms with Crippen molar-refractivity contribution < 1.29 is 33.2 Å². The third-order valence-electron chi connectivity index (χ3n) is 3.48. The van der Waals surface area contributed by atoms with Gasteiger partial charge in [0.25, 0.3) is 0 Å². The third-order valence-corrected chi connectivity index (χ3v) is 3.48. The van der Waals surface area contributed by atoms with Crippen LogP contribution in [0.4, 0.5) is 0 Å². The zero-order chi connectivity index (χ0) is 13.2. The first kappa shape index (κ1) is 13.7. The fourth-order valence-electron chi connectivity index (χ4n) is 2.62. The summed E-state index contributed by atoms with van der Waals surface area (Å²) in [7, 11) is 3.23. The molecule has 0 N–H and O–H groups in total. The Morgan fingerprint density at radius 1 is 0.842 bits per heavy atom. The van der Waals surface area contributed by atoms with E-state index < -0.39 is 0 Å². The summed E-state index contributed by atoms with van der Waals surface area (Å²) in [5.74, 6) is 0. The van der Waals surface area contributed by atoms with E-state index in [0.717, 1.165) is 6.42 Å². The molecule has 0 spiro atoms. The van der Waals surface area contributed by atoms with E-state index in [0.29, 0.717) is 19.8 Å². The fraction of sp³-hybridized carbons (Fsp3) is 1.00. The van der Waals surface area contributed by atoms with E-state index in [-0.39, 0.29) is 37.2 Å². The van der Waals surface area contributed by atoms with Gasteiger partial charge in [0.05, 0.1) is 25.9 Å². The van der Waals surface area contributed by atoms with Crippen molar-refractivity contribution in [3.8, 4) is 0 Å². The van der Waals surface area contributed by atoms with Crippen LogP contribution in [-0.2, 0) is 33.2 Å². The number of hydrogen-bond donors (Lipinski definition) is 0. The summed E-state index contributed by atoms with van der Waals surface area (Å²) < 4.78 is 38.3. The molecule has 0 aliphatic carbocycles. The molecule has 3 saturated heterocycles. The maximum atomic E-state index is 5.82. The molecular weight excluding hydrogens is 256 g/mol. The van der Waals surface area contributed by atoms with Crippen LogP contribution in [0.3, 0.4) is 0 Å². The second kappa shape index (κ2) is 6.01. The zero-order valence-electron chi connectivity index (χ0n) is 11.2. The van der Waals surface area contributed by atoms with Crippen molar-refractivity contribution in [3.05, 3.63) is 0 Å². The van der Waals surface area contributed by atoms with Gasteiger partial charge in [-0.05, 0) is 0 Å². The van der Waals surface area contributed by atoms with Gasteiger partial charge in [-0.15, -0.1) is 0 Å². The Morgan fingerprint density at radius 2 is 1.58 bits per heavy atom. The molecule has 0 radical (unpaired) electrons. The standard InChI is InChI=1S/C12H20O7/c1-13-5-10-15-4-9(17-10)7-3-8-12(18-7)19-11(16-8)6-14-2/h7-12H,3-6H2,1-2H3. The van der Waals surface area contributed by atoms with Gasteiger partial charge in [-0.1, -0.05) is 0 Å². The smallest absolute Gasteiger partial charge is 0.187 e. The SMILES string of the molecule is COCC1OCC(C2CC3OC(COC)OC3O2)O1. The van der Waals surface area contributed by atoms with Gasteiger partial charge < -0.3 is 33.2 Å². The number of ether oxygens (including phenoxy) is 7. The summed E-state index contributed by atoms with van der Waals surface area (Å²) in [4.78, 5) is 0. The van der Waals surface area contributed by atoms with Gasteiger partial charge in [-0.3, -0.25) is 0 Å². The van der Waals surface area contributed by atoms with Crippen molar-refractivity contribution in [3.63, 3.8) is 0 Å². The molecule has 0 aromatic carbocycles. The molecule has 3 aliphatic rings. The summed E-state index contributed by atoms with van der Waals surface area (Å²) in [6.45, 7) is 1.36. The Bertz CT molecular complexity index is 286. The molecule has 3 heterocycles. The molecule has 0 saturated carbocycles. The van der Waals surface area contributed by atoms with Crippen LogP contribution in [0.1, 0.15) is 6.42 Å². The van der Waals surface area contributed by atoms with Crippen molar-refractivity contribution in [1.29, 1.82) is 0 Å². The third kappa shape index (κ3) is 2.92. The van der Waals surface area contributed by atoms with Gasteiger partial charge in [0.1, 0.15) is 12.2 Å². The molecule has 3 aliphatic heterocycles. The van der Waals surface area contributed by atoms with Gasteiger partial charge >= 0.3 is 0 Å². The number of hydrogen-bond acceptors (Lipinski definition) is 7. The van der Waals surface area contributed by atoms with Gasteiger partial charge in [-0.2, -0.15) is 0 Å². The van der Waals surface area contributed by atoms with Crippen LogP contribution < -0.4 is 0 Å². The number of rotatable bonds is 5. The first-order valence-corrected chi connectivity index (χ1v) is 6.51. The highest BCUT2D eigenvalue weighted by atomic mass is 16.8. The van der Waals surface area contributed by atoms with Crippen LogP contribution >= 0.6 is 0 Å². The van der Waals surface area contributed by atoms with E-state index >= 15 is 0 Å². The Labute approximate surface area is 112 Å². The summed E-state index contributed by atoms with van der Waals surface area (Å²) in [6, 6.07) is 0. The van der Waals surface area contributed by atoms with E-state index in [1.54, 1.807) is 14.2 Å². The monoisotopic (exact) mass is 276 g/mol. The lowest BCUT2D eigenvalue weighted by molar-refractivity contribution is -0.189. The molecule has 0 aromatic rings. The lowest BCUT2D eigenvalue weighted by Crippen LogP contribution is -2.31. The number of fused-ring (bicyclic) bond motifs is 1. The van der Waals surface area contributed by atoms with Crippen LogP contribution in [0.5, 0.6) is 0 Å². The normalized spacial score (nSPS) is 45.8. The highest BCUT2D eigenvalue weighted by Crippen LogP contribution is 2.35. The predicted octanol–water partition coefficient (Wildman–Crippen LogP) is -0.123. The van der Waals surface area contributed by atoms with Crippen molar-refractivity contribution in [1.82, 2.24) is 0 Å². The molecule has 110 valence electrons. The molecule has 0 aromatic heterocycles. The molecule has 3 fully saturated rings. The van der Waals surface area contributed by atoms with Gasteiger partial charge in [0.15, 0.2) is 18.9 Å². The molecule has 6 unspecified atom stereocenters. The Hall–Kier alpha value is -0.280. The highest BCUT2D eigenvalue weighted by Gasteiger charge is 2.49. The zero-order valence-corrected chi connectivity index (χ0v) is 11.2. The molecule has 6 atom stereocenters. The summed E-state index contributed by atoms with van der Waals surface area (Å²) >= 11 is 0. The fourth-order valence-corrected chi connectivity index (χ4v) is 2.62. The van der Waals surface area contributed by atoms with Crippen LogP contribution in [0.2, 0.25) is 0 Å². The summed E-state index contributed by atoms with van der Waals surface area (Å²) in [6.07, 6.45) is -0.395. The van der Waals surface area contributed by atoms with E-state index in [1.807, 2.05) is 0 Å². The maximum absolute atomic E-state index is 5.82. The minimum Gasteiger partial charge on any atom is -0.379 e. The van der Waals surface area contributed by atoms with Crippen molar-refractivity contribution in [2.45, 2.75) is 43.6 Å². The van der Waals surface area contributed by atoms with E-state index in [9.17, 15) is 0 Å². The molecule has 0 bridgehead atoms. The number of methoxy groups -OCH3 is 2. The van der Waals surface area contributed by atoms with Gasteiger partial charge in [-0.25, -0.2) is 0 Å². The molecule has 3 rings (SSSR count). The molecule has 19 heavy (non-hydrogen) atoms.